The van der Waals surface area contributed by atoms with Crippen molar-refractivity contribution >= 4 is 33.5 Å². The normalized spacial score (nSPS) is 12.0. The largest absolute Gasteiger partial charge is 0.449 e. The Morgan fingerprint density at radius 3 is 2.00 bits per heavy atom. The molecule has 0 unspecified atom stereocenters. The summed E-state index contributed by atoms with van der Waals surface area (Å²) in [5, 5.41) is 0. The summed E-state index contributed by atoms with van der Waals surface area (Å²) in [6.07, 6.45) is -4.98. The fourth-order valence-corrected chi connectivity index (χ4v) is 2.23. The van der Waals surface area contributed by atoms with Crippen molar-refractivity contribution < 1.29 is 31.1 Å². The molecule has 0 bridgehead atoms. The van der Waals surface area contributed by atoms with Crippen LogP contribution in [0.1, 0.15) is 5.56 Å². The van der Waals surface area contributed by atoms with E-state index in [0.29, 0.717) is 6.07 Å². The first-order valence-electron chi connectivity index (χ1n) is 7.05. The molecule has 0 radical (unpaired) electrons. The Kier molecular flexibility index (Phi) is 6.07. The summed E-state index contributed by atoms with van der Waals surface area (Å²) >= 11 is 2.87. The molecule has 0 atom stereocenters. The number of ether oxygens (including phenoxy) is 1. The highest BCUT2D eigenvalue weighted by Crippen LogP contribution is 2.39. The van der Waals surface area contributed by atoms with Crippen molar-refractivity contribution in [1.82, 2.24) is 0 Å². The van der Waals surface area contributed by atoms with Crippen LogP contribution in [0.2, 0.25) is 0 Å². The molecule has 0 aliphatic heterocycles. The molecule has 13 heteroatoms. The van der Waals surface area contributed by atoms with Crippen molar-refractivity contribution in [1.29, 1.82) is 0 Å². The molecule has 0 aliphatic carbocycles. The number of benzene rings is 2. The predicted octanol–water partition coefficient (Wildman–Crippen LogP) is 3.90. The second-order valence-corrected chi connectivity index (χ2v) is 5.96. The van der Waals surface area contributed by atoms with Gasteiger partial charge in [0.2, 0.25) is 5.96 Å². The molecule has 6 N–H and O–H groups in total. The van der Waals surface area contributed by atoms with Gasteiger partial charge in [-0.15, -0.1) is 0 Å². The molecule has 150 valence electrons. The SMILES string of the molecule is NC(N)=NC(N)=Nc1cc(Br)c(F)cc1Oc1c(F)cc(C(F)(F)F)cc1F. The van der Waals surface area contributed by atoms with Crippen molar-refractivity contribution in [2.75, 3.05) is 0 Å². The average molecular weight is 470 g/mol. The smallest absolute Gasteiger partial charge is 0.416 e. The van der Waals surface area contributed by atoms with Crippen LogP contribution in [0.5, 0.6) is 11.5 Å². The molecule has 6 nitrogen and oxygen atoms in total. The summed E-state index contributed by atoms with van der Waals surface area (Å²) in [6, 6.07) is 1.77. The minimum absolute atomic E-state index is 0.0321. The van der Waals surface area contributed by atoms with E-state index in [1.807, 2.05) is 0 Å². The van der Waals surface area contributed by atoms with Gasteiger partial charge in [0.1, 0.15) is 11.5 Å². The summed E-state index contributed by atoms with van der Waals surface area (Å²) in [6.45, 7) is 0. The highest BCUT2D eigenvalue weighted by molar-refractivity contribution is 9.10. The number of aliphatic imine (C=N–C) groups is 2. The Morgan fingerprint density at radius 1 is 0.929 bits per heavy atom. The standard InChI is InChI=1S/C15H10BrF6N5O/c16-6-3-10(26-14(25)27-13(23)24)11(4-7(6)17)28-12-8(18)1-5(2-9(12)19)15(20,21)22/h1-4H,(H6,23,24,25,26,27). The molecule has 28 heavy (non-hydrogen) atoms. The number of halogens is 7. The second-order valence-electron chi connectivity index (χ2n) is 5.11. The first kappa shape index (κ1) is 21.3. The third-order valence-electron chi connectivity index (χ3n) is 3.02. The number of hydrogen-bond donors (Lipinski definition) is 3. The lowest BCUT2D eigenvalue weighted by atomic mass is 10.2. The molecule has 0 heterocycles. The van der Waals surface area contributed by atoms with Crippen LogP contribution in [0.3, 0.4) is 0 Å². The Morgan fingerprint density at radius 2 is 1.50 bits per heavy atom. The zero-order valence-corrected chi connectivity index (χ0v) is 15.1. The number of nitrogens with zero attached hydrogens (tertiary/aromatic N) is 2. The van der Waals surface area contributed by atoms with E-state index in [1.165, 1.54) is 0 Å². The number of hydrogen-bond acceptors (Lipinski definition) is 2. The Hall–Kier alpha value is -2.96. The van der Waals surface area contributed by atoms with Crippen molar-refractivity contribution in [3.63, 3.8) is 0 Å². The van der Waals surface area contributed by atoms with Crippen LogP contribution < -0.4 is 21.9 Å². The maximum absolute atomic E-state index is 14.0. The van der Waals surface area contributed by atoms with Gasteiger partial charge in [0.15, 0.2) is 29.1 Å². The fraction of sp³-hybridized carbons (Fsp3) is 0.0667. The molecule has 0 saturated carbocycles. The maximum atomic E-state index is 14.0. The van der Waals surface area contributed by atoms with Gasteiger partial charge in [-0.3, -0.25) is 0 Å². The van der Waals surface area contributed by atoms with Gasteiger partial charge in [-0.2, -0.15) is 18.2 Å². The monoisotopic (exact) mass is 469 g/mol. The van der Waals surface area contributed by atoms with Gasteiger partial charge in [-0.05, 0) is 34.1 Å². The third kappa shape index (κ3) is 5.06. The summed E-state index contributed by atoms with van der Waals surface area (Å²) in [7, 11) is 0. The zero-order chi connectivity index (χ0) is 21.2. The quantitative estimate of drug-likeness (QED) is 0.359. The molecule has 0 aromatic heterocycles. The van der Waals surface area contributed by atoms with Crippen molar-refractivity contribution in [3.8, 4) is 11.5 Å². The lowest BCUT2D eigenvalue weighted by Gasteiger charge is -2.13. The van der Waals surface area contributed by atoms with Crippen molar-refractivity contribution in [3.05, 3.63) is 51.8 Å². The van der Waals surface area contributed by atoms with E-state index >= 15 is 0 Å². The van der Waals surface area contributed by atoms with E-state index in [0.717, 1.165) is 6.07 Å². The summed E-state index contributed by atoms with van der Waals surface area (Å²) < 4.78 is 84.5. The molecular formula is C15H10BrF6N5O. The lowest BCUT2D eigenvalue weighted by Crippen LogP contribution is -2.26. The first-order chi connectivity index (χ1) is 12.9. The van der Waals surface area contributed by atoms with Gasteiger partial charge < -0.3 is 21.9 Å². The van der Waals surface area contributed by atoms with Gasteiger partial charge in [-0.25, -0.2) is 18.2 Å². The molecule has 2 aromatic carbocycles. The Bertz CT molecular complexity index is 949. The van der Waals surface area contributed by atoms with E-state index in [2.05, 4.69) is 25.9 Å². The van der Waals surface area contributed by atoms with Crippen LogP contribution in [-0.2, 0) is 6.18 Å². The van der Waals surface area contributed by atoms with Crippen LogP contribution in [0, 0.1) is 17.5 Å². The van der Waals surface area contributed by atoms with E-state index in [-0.39, 0.29) is 22.3 Å². The van der Waals surface area contributed by atoms with Crippen LogP contribution in [0.4, 0.5) is 32.0 Å². The molecule has 0 saturated heterocycles. The number of rotatable bonds is 3. The minimum atomic E-state index is -4.98. The topological polar surface area (TPSA) is 112 Å². The van der Waals surface area contributed by atoms with Crippen LogP contribution in [-0.4, -0.2) is 11.9 Å². The third-order valence-corrected chi connectivity index (χ3v) is 3.63. The average Bonchev–Trinajstić information content (AvgIpc) is 2.53. The van der Waals surface area contributed by atoms with Crippen LogP contribution in [0.15, 0.2) is 38.7 Å². The Balaban J connectivity index is 2.55. The molecule has 0 fully saturated rings. The molecular weight excluding hydrogens is 460 g/mol. The molecule has 2 rings (SSSR count). The highest BCUT2D eigenvalue weighted by Gasteiger charge is 2.33. The van der Waals surface area contributed by atoms with Crippen LogP contribution in [0.25, 0.3) is 0 Å². The minimum Gasteiger partial charge on any atom is -0.449 e. The molecule has 0 spiro atoms. The van der Waals surface area contributed by atoms with E-state index in [1.54, 1.807) is 0 Å². The fourth-order valence-electron chi connectivity index (χ4n) is 1.90. The Labute approximate surface area is 161 Å². The number of alkyl halides is 3. The van der Waals surface area contributed by atoms with Gasteiger partial charge in [-0.1, -0.05) is 0 Å². The van der Waals surface area contributed by atoms with Crippen molar-refractivity contribution in [2.45, 2.75) is 6.18 Å². The van der Waals surface area contributed by atoms with E-state index < -0.39 is 52.6 Å². The van der Waals surface area contributed by atoms with Crippen LogP contribution >= 0.6 is 15.9 Å². The summed E-state index contributed by atoms with van der Waals surface area (Å²) in [5.41, 5.74) is 13.9. The number of nitrogens with two attached hydrogens (primary N) is 3. The molecule has 0 aliphatic rings. The first-order valence-corrected chi connectivity index (χ1v) is 7.84. The highest BCUT2D eigenvalue weighted by atomic mass is 79.9. The van der Waals surface area contributed by atoms with Gasteiger partial charge in [0.05, 0.1) is 10.0 Å². The summed E-state index contributed by atoms with van der Waals surface area (Å²) in [5.74, 6) is -6.97. The van der Waals surface area contributed by atoms with Gasteiger partial charge in [0, 0.05) is 6.07 Å². The van der Waals surface area contributed by atoms with E-state index in [4.69, 9.17) is 21.9 Å². The second kappa shape index (κ2) is 7.96. The van der Waals surface area contributed by atoms with Gasteiger partial charge >= 0.3 is 6.18 Å². The number of guanidine groups is 2. The van der Waals surface area contributed by atoms with E-state index in [9.17, 15) is 26.3 Å². The maximum Gasteiger partial charge on any atom is 0.416 e. The zero-order valence-electron chi connectivity index (χ0n) is 13.5. The van der Waals surface area contributed by atoms with Crippen molar-refractivity contribution in [2.24, 2.45) is 27.2 Å². The lowest BCUT2D eigenvalue weighted by molar-refractivity contribution is -0.138. The summed E-state index contributed by atoms with van der Waals surface area (Å²) in [4.78, 5) is 7.12. The molecule has 2 aromatic rings. The van der Waals surface area contributed by atoms with Gasteiger partial charge in [0.25, 0.3) is 0 Å². The molecule has 0 amide bonds. The predicted molar refractivity (Wildman–Crippen MR) is 92.6 cm³/mol.